The predicted molar refractivity (Wildman–Crippen MR) is 123 cm³/mol. The average molecular weight is 435 g/mol. The topological polar surface area (TPSA) is 42.3 Å². The van der Waals surface area contributed by atoms with E-state index in [1.165, 1.54) is 16.1 Å². The lowest BCUT2D eigenvalue weighted by Gasteiger charge is -2.10. The maximum Gasteiger partial charge on any atom is 0.268 e. The van der Waals surface area contributed by atoms with E-state index in [0.717, 1.165) is 42.5 Å². The van der Waals surface area contributed by atoms with Crippen molar-refractivity contribution in [1.82, 2.24) is 8.87 Å². The van der Waals surface area contributed by atoms with Gasteiger partial charge in [-0.1, -0.05) is 42.5 Å². The first kappa shape index (κ1) is 20.0. The predicted octanol–water partition coefficient (Wildman–Crippen LogP) is 5.28. The van der Waals surface area contributed by atoms with Crippen molar-refractivity contribution in [3.05, 3.63) is 84.3 Å². The number of hydrogen-bond donors (Lipinski definition) is 0. The average Bonchev–Trinajstić information content (AvgIpc) is 3.01. The quantitative estimate of drug-likeness (QED) is 0.441. The fraction of sp³-hybridized carbons (Fsp3) is 0.200. The minimum Gasteiger partial charge on any atom is -0.303 e. The van der Waals surface area contributed by atoms with Crippen LogP contribution in [0.15, 0.2) is 77.8 Å². The Kier molecular flexibility index (Phi) is 4.91. The van der Waals surface area contributed by atoms with Crippen LogP contribution in [-0.2, 0) is 10.0 Å². The van der Waals surface area contributed by atoms with Gasteiger partial charge in [-0.15, -0.1) is 0 Å². The minimum absolute atomic E-state index is 0.243. The summed E-state index contributed by atoms with van der Waals surface area (Å²) in [6, 6.07) is 17.0. The SMILES string of the molecule is CN1CC=C(c2cn(S(=O)(=O)c3cccc4ccccc34)c3ccc(F)cc23)CCC1. The van der Waals surface area contributed by atoms with Gasteiger partial charge in [0.15, 0.2) is 0 Å². The fourth-order valence-electron chi connectivity index (χ4n) is 4.40. The van der Waals surface area contributed by atoms with Gasteiger partial charge < -0.3 is 4.90 Å². The normalized spacial score (nSPS) is 15.9. The molecule has 0 saturated heterocycles. The van der Waals surface area contributed by atoms with Crippen LogP contribution < -0.4 is 0 Å². The molecule has 158 valence electrons. The van der Waals surface area contributed by atoms with Crippen LogP contribution >= 0.6 is 0 Å². The molecule has 0 radical (unpaired) electrons. The summed E-state index contributed by atoms with van der Waals surface area (Å²) in [5.74, 6) is -0.375. The van der Waals surface area contributed by atoms with Crippen molar-refractivity contribution in [1.29, 1.82) is 0 Å². The molecule has 31 heavy (non-hydrogen) atoms. The second kappa shape index (κ2) is 7.62. The summed E-state index contributed by atoms with van der Waals surface area (Å²) >= 11 is 0. The summed E-state index contributed by atoms with van der Waals surface area (Å²) in [5, 5.41) is 2.16. The molecule has 4 aromatic rings. The summed E-state index contributed by atoms with van der Waals surface area (Å²) < 4.78 is 43.1. The number of hydrogen-bond acceptors (Lipinski definition) is 3. The second-order valence-electron chi connectivity index (χ2n) is 8.08. The molecule has 0 fully saturated rings. The second-order valence-corrected chi connectivity index (χ2v) is 9.86. The lowest BCUT2D eigenvalue weighted by atomic mass is 10.0. The highest BCUT2D eigenvalue weighted by Crippen LogP contribution is 2.35. The monoisotopic (exact) mass is 434 g/mol. The van der Waals surface area contributed by atoms with Gasteiger partial charge in [-0.2, -0.15) is 0 Å². The molecule has 1 aliphatic heterocycles. The molecule has 0 amide bonds. The van der Waals surface area contributed by atoms with E-state index in [4.69, 9.17) is 0 Å². The van der Waals surface area contributed by atoms with Crippen molar-refractivity contribution in [2.75, 3.05) is 20.1 Å². The number of halogens is 1. The maximum atomic E-state index is 14.2. The van der Waals surface area contributed by atoms with Crippen LogP contribution in [0, 0.1) is 5.82 Å². The molecule has 5 rings (SSSR count). The van der Waals surface area contributed by atoms with E-state index in [-0.39, 0.29) is 10.7 Å². The Balaban J connectivity index is 1.75. The van der Waals surface area contributed by atoms with Gasteiger partial charge in [0.25, 0.3) is 10.0 Å². The Labute approximate surface area is 181 Å². The van der Waals surface area contributed by atoms with Gasteiger partial charge in [-0.05, 0) is 61.7 Å². The highest BCUT2D eigenvalue weighted by atomic mass is 32.2. The van der Waals surface area contributed by atoms with Crippen molar-refractivity contribution >= 4 is 37.3 Å². The van der Waals surface area contributed by atoms with E-state index in [1.807, 2.05) is 30.3 Å². The number of rotatable bonds is 3. The van der Waals surface area contributed by atoms with Crippen molar-refractivity contribution in [3.8, 4) is 0 Å². The van der Waals surface area contributed by atoms with Gasteiger partial charge in [0.2, 0.25) is 0 Å². The Morgan fingerprint density at radius 1 is 0.968 bits per heavy atom. The van der Waals surface area contributed by atoms with E-state index in [2.05, 4.69) is 18.0 Å². The van der Waals surface area contributed by atoms with Gasteiger partial charge in [-0.25, -0.2) is 16.8 Å². The van der Waals surface area contributed by atoms with Gasteiger partial charge in [0.1, 0.15) is 5.82 Å². The highest BCUT2D eigenvalue weighted by Gasteiger charge is 2.25. The zero-order valence-corrected chi connectivity index (χ0v) is 18.1. The van der Waals surface area contributed by atoms with E-state index >= 15 is 0 Å². The Bertz CT molecular complexity index is 1430. The van der Waals surface area contributed by atoms with Crippen LogP contribution in [-0.4, -0.2) is 37.4 Å². The summed E-state index contributed by atoms with van der Waals surface area (Å²) in [5.41, 5.74) is 2.34. The summed E-state index contributed by atoms with van der Waals surface area (Å²) in [4.78, 5) is 2.47. The van der Waals surface area contributed by atoms with Crippen LogP contribution in [0.25, 0.3) is 27.2 Å². The number of allylic oxidation sites excluding steroid dienone is 1. The molecule has 0 bridgehead atoms. The largest absolute Gasteiger partial charge is 0.303 e. The fourth-order valence-corrected chi connectivity index (χ4v) is 5.99. The summed E-state index contributed by atoms with van der Waals surface area (Å²) in [6.45, 7) is 1.76. The zero-order valence-electron chi connectivity index (χ0n) is 17.3. The van der Waals surface area contributed by atoms with Crippen molar-refractivity contribution in [2.24, 2.45) is 0 Å². The third-order valence-corrected chi connectivity index (χ3v) is 7.73. The van der Waals surface area contributed by atoms with Crippen LogP contribution in [0.5, 0.6) is 0 Å². The summed E-state index contributed by atoms with van der Waals surface area (Å²) in [7, 11) is -1.82. The lowest BCUT2D eigenvalue weighted by molar-refractivity contribution is 0.373. The molecule has 0 atom stereocenters. The van der Waals surface area contributed by atoms with E-state index in [0.29, 0.717) is 16.3 Å². The van der Waals surface area contributed by atoms with Gasteiger partial charge >= 0.3 is 0 Å². The molecule has 0 unspecified atom stereocenters. The minimum atomic E-state index is -3.89. The summed E-state index contributed by atoms with van der Waals surface area (Å²) in [6.07, 6.45) is 5.59. The third-order valence-electron chi connectivity index (χ3n) is 6.00. The molecule has 1 aromatic heterocycles. The molecule has 0 saturated carbocycles. The first-order valence-electron chi connectivity index (χ1n) is 10.4. The van der Waals surface area contributed by atoms with E-state index < -0.39 is 10.0 Å². The molecule has 2 heterocycles. The number of benzene rings is 3. The molecule has 0 aliphatic carbocycles. The molecule has 6 heteroatoms. The molecule has 0 spiro atoms. The van der Waals surface area contributed by atoms with E-state index in [1.54, 1.807) is 24.4 Å². The number of fused-ring (bicyclic) bond motifs is 2. The zero-order chi connectivity index (χ0) is 21.6. The van der Waals surface area contributed by atoms with Crippen LogP contribution in [0.4, 0.5) is 4.39 Å². The standard InChI is InChI=1S/C25H23FN2O2S/c1-27-14-5-8-19(13-15-27)23-17-28(24-12-11-20(26)16-22(23)24)31(29,30)25-10-4-7-18-6-2-3-9-21(18)25/h2-4,6-7,9-13,16-17H,5,8,14-15H2,1H3. The van der Waals surface area contributed by atoms with Crippen molar-refractivity contribution in [3.63, 3.8) is 0 Å². The van der Waals surface area contributed by atoms with E-state index in [9.17, 15) is 12.8 Å². The third kappa shape index (κ3) is 3.46. The van der Waals surface area contributed by atoms with Gasteiger partial charge in [0, 0.05) is 29.1 Å². The van der Waals surface area contributed by atoms with Gasteiger partial charge in [0.05, 0.1) is 10.4 Å². The number of nitrogens with zero attached hydrogens (tertiary/aromatic N) is 2. The highest BCUT2D eigenvalue weighted by molar-refractivity contribution is 7.90. The number of likely N-dealkylation sites (N-methyl/N-ethyl adjacent to an activating group) is 1. The molecule has 1 aliphatic rings. The molecule has 0 N–H and O–H groups in total. The number of aromatic nitrogens is 1. The molecule has 4 nitrogen and oxygen atoms in total. The first-order valence-corrected chi connectivity index (χ1v) is 11.8. The van der Waals surface area contributed by atoms with Crippen molar-refractivity contribution in [2.45, 2.75) is 17.7 Å². The maximum absolute atomic E-state index is 14.2. The van der Waals surface area contributed by atoms with Crippen LogP contribution in [0.2, 0.25) is 0 Å². The smallest absolute Gasteiger partial charge is 0.268 e. The lowest BCUT2D eigenvalue weighted by Crippen LogP contribution is -2.17. The first-order chi connectivity index (χ1) is 14.9. The molecule has 3 aromatic carbocycles. The van der Waals surface area contributed by atoms with Crippen LogP contribution in [0.3, 0.4) is 0 Å². The van der Waals surface area contributed by atoms with Crippen LogP contribution in [0.1, 0.15) is 18.4 Å². The Hall–Kier alpha value is -2.96. The Morgan fingerprint density at radius 2 is 1.77 bits per heavy atom. The molecular formula is C25H23FN2O2S. The molecular weight excluding hydrogens is 411 g/mol. The Morgan fingerprint density at radius 3 is 2.65 bits per heavy atom. The van der Waals surface area contributed by atoms with Gasteiger partial charge in [-0.3, -0.25) is 0 Å². The van der Waals surface area contributed by atoms with Crippen molar-refractivity contribution < 1.29 is 12.8 Å².